The molecule has 0 unspecified atom stereocenters. The molecule has 0 spiro atoms. The lowest BCUT2D eigenvalue weighted by molar-refractivity contribution is 0.255. The summed E-state index contributed by atoms with van der Waals surface area (Å²) in [6.07, 6.45) is 7.88. The number of rotatable bonds is 5. The van der Waals surface area contributed by atoms with E-state index >= 15 is 0 Å². The van der Waals surface area contributed by atoms with Crippen molar-refractivity contribution in [1.82, 2.24) is 5.32 Å². The molecule has 0 radical (unpaired) electrons. The minimum absolute atomic E-state index is 0.173. The second kappa shape index (κ2) is 8.47. The number of carbonyl (C=O) groups is 1. The van der Waals surface area contributed by atoms with Gasteiger partial charge in [0, 0.05) is 30.7 Å². The normalized spacial score (nSPS) is 14.4. The van der Waals surface area contributed by atoms with Gasteiger partial charge >= 0.3 is 6.03 Å². The average molecular weight is 301 g/mol. The summed E-state index contributed by atoms with van der Waals surface area (Å²) in [5.41, 5.74) is 3.34. The Bertz CT molecular complexity index is 496. The van der Waals surface area contributed by atoms with Crippen LogP contribution in [-0.2, 0) is 0 Å². The van der Waals surface area contributed by atoms with Gasteiger partial charge in [0.15, 0.2) is 0 Å². The Kier molecular flexibility index (Phi) is 6.31. The van der Waals surface area contributed by atoms with Crippen molar-refractivity contribution in [3.8, 4) is 0 Å². The maximum absolute atomic E-state index is 11.9. The molecule has 1 aromatic carbocycles. The monoisotopic (exact) mass is 301 g/mol. The van der Waals surface area contributed by atoms with Crippen molar-refractivity contribution in [2.45, 2.75) is 46.0 Å². The number of carbonyl (C=O) groups excluding carboxylic acids is 1. The van der Waals surface area contributed by atoms with Gasteiger partial charge in [-0.1, -0.05) is 12.0 Å². The van der Waals surface area contributed by atoms with Crippen molar-refractivity contribution in [1.29, 1.82) is 0 Å². The van der Waals surface area contributed by atoms with E-state index in [0.717, 1.165) is 31.6 Å². The maximum atomic E-state index is 11.9. The van der Waals surface area contributed by atoms with Crippen LogP contribution in [0.15, 0.2) is 36.0 Å². The fourth-order valence-corrected chi connectivity index (χ4v) is 2.83. The highest BCUT2D eigenvalue weighted by Crippen LogP contribution is 2.22. The average Bonchev–Trinajstić information content (AvgIpc) is 2.56. The lowest BCUT2D eigenvalue weighted by Crippen LogP contribution is -2.25. The number of urea groups is 1. The summed E-state index contributed by atoms with van der Waals surface area (Å²) < 4.78 is 0. The van der Waals surface area contributed by atoms with Gasteiger partial charge in [-0.25, -0.2) is 4.79 Å². The predicted octanol–water partition coefficient (Wildman–Crippen LogP) is 4.50. The summed E-state index contributed by atoms with van der Waals surface area (Å²) in [6.45, 7) is 6.25. The van der Waals surface area contributed by atoms with Crippen LogP contribution in [0.4, 0.5) is 16.2 Å². The van der Waals surface area contributed by atoms with Gasteiger partial charge in [-0.15, -0.1) is 0 Å². The van der Waals surface area contributed by atoms with Crippen LogP contribution in [0.2, 0.25) is 0 Å². The van der Waals surface area contributed by atoms with E-state index in [1.165, 1.54) is 30.5 Å². The summed E-state index contributed by atoms with van der Waals surface area (Å²) >= 11 is 0. The predicted molar refractivity (Wildman–Crippen MR) is 93.3 cm³/mol. The second-order valence-electron chi connectivity index (χ2n) is 5.68. The first-order valence-electron chi connectivity index (χ1n) is 8.33. The van der Waals surface area contributed by atoms with E-state index in [1.807, 2.05) is 30.5 Å². The molecule has 2 amide bonds. The molecule has 0 aromatic heterocycles. The Morgan fingerprint density at radius 1 is 1.09 bits per heavy atom. The molecule has 1 aromatic rings. The number of hydrogen-bond acceptors (Lipinski definition) is 2. The number of hydrogen-bond donors (Lipinski definition) is 2. The molecule has 0 saturated heterocycles. The summed E-state index contributed by atoms with van der Waals surface area (Å²) in [4.78, 5) is 14.2. The lowest BCUT2D eigenvalue weighted by Gasteiger charge is -2.21. The molecule has 0 aliphatic heterocycles. The van der Waals surface area contributed by atoms with E-state index in [9.17, 15) is 4.79 Å². The zero-order chi connectivity index (χ0) is 15.8. The number of amides is 2. The second-order valence-corrected chi connectivity index (χ2v) is 5.68. The molecule has 4 heteroatoms. The van der Waals surface area contributed by atoms with Gasteiger partial charge in [0.1, 0.15) is 0 Å². The SMILES string of the molecule is CCN(CC)c1ccc(NC(=O)NC=C2CCCCC2)cc1. The van der Waals surface area contributed by atoms with Gasteiger partial charge in [-0.2, -0.15) is 0 Å². The molecule has 1 aliphatic rings. The molecule has 0 atom stereocenters. The molecule has 1 saturated carbocycles. The minimum atomic E-state index is -0.173. The Morgan fingerprint density at radius 3 is 2.32 bits per heavy atom. The highest BCUT2D eigenvalue weighted by atomic mass is 16.2. The van der Waals surface area contributed by atoms with Crippen LogP contribution in [0.3, 0.4) is 0 Å². The van der Waals surface area contributed by atoms with Gasteiger partial charge in [-0.3, -0.25) is 0 Å². The standard InChI is InChI=1S/C18H27N3O/c1-3-21(4-2)17-12-10-16(11-13-17)20-18(22)19-14-15-8-6-5-7-9-15/h10-14H,3-9H2,1-2H3,(H2,19,20,22). The van der Waals surface area contributed by atoms with Gasteiger partial charge in [0.05, 0.1) is 0 Å². The van der Waals surface area contributed by atoms with Crippen molar-refractivity contribution in [3.63, 3.8) is 0 Å². The van der Waals surface area contributed by atoms with Crippen LogP contribution in [0, 0.1) is 0 Å². The molecule has 1 aliphatic carbocycles. The molecule has 1 fully saturated rings. The maximum Gasteiger partial charge on any atom is 0.323 e. The highest BCUT2D eigenvalue weighted by Gasteiger charge is 2.06. The van der Waals surface area contributed by atoms with Crippen molar-refractivity contribution in [3.05, 3.63) is 36.0 Å². The van der Waals surface area contributed by atoms with Gasteiger partial charge in [0.2, 0.25) is 0 Å². The number of nitrogens with one attached hydrogen (secondary N) is 2. The fraction of sp³-hybridized carbons (Fsp3) is 0.500. The molecular formula is C18H27N3O. The molecular weight excluding hydrogens is 274 g/mol. The minimum Gasteiger partial charge on any atom is -0.372 e. The van der Waals surface area contributed by atoms with Gasteiger partial charge in [0.25, 0.3) is 0 Å². The number of benzene rings is 1. The molecule has 2 N–H and O–H groups in total. The first-order chi connectivity index (χ1) is 10.7. The zero-order valence-electron chi connectivity index (χ0n) is 13.7. The van der Waals surface area contributed by atoms with E-state index in [0.29, 0.717) is 0 Å². The third kappa shape index (κ3) is 4.79. The Balaban J connectivity index is 1.86. The van der Waals surface area contributed by atoms with E-state index in [2.05, 4.69) is 29.4 Å². The molecule has 4 nitrogen and oxygen atoms in total. The Labute approximate surface area is 133 Å². The zero-order valence-corrected chi connectivity index (χ0v) is 13.7. The molecule has 2 rings (SSSR count). The molecule has 0 bridgehead atoms. The van der Waals surface area contributed by atoms with Crippen LogP contribution >= 0.6 is 0 Å². The van der Waals surface area contributed by atoms with Crippen LogP contribution < -0.4 is 15.5 Å². The van der Waals surface area contributed by atoms with E-state index in [1.54, 1.807) is 0 Å². The largest absolute Gasteiger partial charge is 0.372 e. The quantitative estimate of drug-likeness (QED) is 0.841. The molecule has 0 heterocycles. The summed E-state index contributed by atoms with van der Waals surface area (Å²) in [5, 5.41) is 5.71. The number of nitrogens with zero attached hydrogens (tertiary/aromatic N) is 1. The first kappa shape index (κ1) is 16.4. The Morgan fingerprint density at radius 2 is 1.73 bits per heavy atom. The number of anilines is 2. The van der Waals surface area contributed by atoms with Crippen molar-refractivity contribution < 1.29 is 4.79 Å². The summed E-state index contributed by atoms with van der Waals surface area (Å²) in [6, 6.07) is 7.81. The van der Waals surface area contributed by atoms with Crippen molar-refractivity contribution in [2.75, 3.05) is 23.3 Å². The van der Waals surface area contributed by atoms with Crippen LogP contribution in [0.25, 0.3) is 0 Å². The fourth-order valence-electron chi connectivity index (χ4n) is 2.83. The number of allylic oxidation sites excluding steroid dienone is 1. The van der Waals surface area contributed by atoms with E-state index < -0.39 is 0 Å². The lowest BCUT2D eigenvalue weighted by atomic mass is 9.96. The third-order valence-corrected chi connectivity index (χ3v) is 4.16. The Hall–Kier alpha value is -1.97. The summed E-state index contributed by atoms with van der Waals surface area (Å²) in [5.74, 6) is 0. The van der Waals surface area contributed by atoms with E-state index in [4.69, 9.17) is 0 Å². The summed E-state index contributed by atoms with van der Waals surface area (Å²) in [7, 11) is 0. The molecule has 22 heavy (non-hydrogen) atoms. The smallest absolute Gasteiger partial charge is 0.323 e. The van der Waals surface area contributed by atoms with Crippen molar-refractivity contribution >= 4 is 17.4 Å². The van der Waals surface area contributed by atoms with Crippen molar-refractivity contribution in [2.24, 2.45) is 0 Å². The molecule has 120 valence electrons. The van der Waals surface area contributed by atoms with Gasteiger partial charge in [-0.05, 0) is 63.8 Å². The van der Waals surface area contributed by atoms with Crippen LogP contribution in [0.5, 0.6) is 0 Å². The third-order valence-electron chi connectivity index (χ3n) is 4.16. The van der Waals surface area contributed by atoms with Crippen LogP contribution in [-0.4, -0.2) is 19.1 Å². The van der Waals surface area contributed by atoms with E-state index in [-0.39, 0.29) is 6.03 Å². The van der Waals surface area contributed by atoms with Gasteiger partial charge < -0.3 is 15.5 Å². The highest BCUT2D eigenvalue weighted by molar-refractivity contribution is 5.90. The topological polar surface area (TPSA) is 44.4 Å². The van der Waals surface area contributed by atoms with Crippen LogP contribution in [0.1, 0.15) is 46.0 Å². The first-order valence-corrected chi connectivity index (χ1v) is 8.33.